The van der Waals surface area contributed by atoms with Gasteiger partial charge in [0.1, 0.15) is 0 Å². The molecule has 0 aliphatic carbocycles. The van der Waals surface area contributed by atoms with Crippen molar-refractivity contribution in [1.82, 2.24) is 0 Å². The van der Waals surface area contributed by atoms with E-state index in [1.54, 1.807) is 0 Å². The molecule has 0 aromatic heterocycles. The van der Waals surface area contributed by atoms with Crippen molar-refractivity contribution in [2.45, 2.75) is 13.8 Å². The van der Waals surface area contributed by atoms with Gasteiger partial charge in [-0.2, -0.15) is 0 Å². The summed E-state index contributed by atoms with van der Waals surface area (Å²) >= 11 is 3.20. The van der Waals surface area contributed by atoms with E-state index < -0.39 is 0 Å². The number of hydrogen-bond donors (Lipinski definition) is 0. The lowest BCUT2D eigenvalue weighted by Gasteiger charge is -1.97. The topological polar surface area (TPSA) is 9.23 Å². The molecular formula is C6H11BrO. The summed E-state index contributed by atoms with van der Waals surface area (Å²) in [5.41, 5.74) is 1.21. The Bertz CT molecular complexity index is 78.6. The number of halogens is 1. The maximum atomic E-state index is 5.09. The summed E-state index contributed by atoms with van der Waals surface area (Å²) in [7, 11) is 0. The molecule has 0 aliphatic heterocycles. The van der Waals surface area contributed by atoms with Gasteiger partial charge >= 0.3 is 0 Å². The molecule has 0 saturated heterocycles. The summed E-state index contributed by atoms with van der Waals surface area (Å²) in [6, 6.07) is 0. The molecule has 2 heteroatoms. The Kier molecular flexibility index (Phi) is 5.44. The highest BCUT2D eigenvalue weighted by atomic mass is 79.9. The van der Waals surface area contributed by atoms with Gasteiger partial charge in [-0.15, -0.1) is 0 Å². The van der Waals surface area contributed by atoms with E-state index in [-0.39, 0.29) is 0 Å². The van der Waals surface area contributed by atoms with E-state index in [0.29, 0.717) is 0 Å². The van der Waals surface area contributed by atoms with Gasteiger partial charge in [-0.25, -0.2) is 0 Å². The minimum atomic E-state index is 0.738. The van der Waals surface area contributed by atoms with Crippen LogP contribution in [0.25, 0.3) is 0 Å². The maximum Gasteiger partial charge on any atom is 0.0681 e. The molecule has 0 amide bonds. The summed E-state index contributed by atoms with van der Waals surface area (Å²) in [4.78, 5) is 1.88. The second kappa shape index (κ2) is 5.32. The third-order valence-corrected chi connectivity index (χ3v) is 1.50. The zero-order valence-electron chi connectivity index (χ0n) is 5.28. The average molecular weight is 179 g/mol. The van der Waals surface area contributed by atoms with Crippen molar-refractivity contribution in [3.05, 3.63) is 10.6 Å². The quantitative estimate of drug-likeness (QED) is 0.645. The fourth-order valence-corrected chi connectivity index (χ4v) is 0.427. The van der Waals surface area contributed by atoms with Crippen LogP contribution in [0.3, 0.4) is 0 Å². The summed E-state index contributed by atoms with van der Waals surface area (Å²) in [6.45, 7) is 5.53. The van der Waals surface area contributed by atoms with Gasteiger partial charge in [-0.3, -0.25) is 0 Å². The van der Waals surface area contributed by atoms with Gasteiger partial charge in [0.25, 0.3) is 0 Å². The second-order valence-corrected chi connectivity index (χ2v) is 2.05. The van der Waals surface area contributed by atoms with Crippen LogP contribution in [0, 0.1) is 0 Å². The van der Waals surface area contributed by atoms with E-state index in [4.69, 9.17) is 4.74 Å². The lowest BCUT2D eigenvalue weighted by atomic mass is 10.4. The lowest BCUT2D eigenvalue weighted by Crippen LogP contribution is -1.92. The predicted octanol–water partition coefficient (Wildman–Crippen LogP) is 2.32. The molecule has 0 saturated carbocycles. The summed E-state index contributed by atoms with van der Waals surface area (Å²) in [5, 5.41) is 0. The van der Waals surface area contributed by atoms with Crippen molar-refractivity contribution in [2.75, 3.05) is 13.2 Å². The van der Waals surface area contributed by atoms with E-state index in [0.717, 1.165) is 13.2 Å². The highest BCUT2D eigenvalue weighted by molar-refractivity contribution is 9.11. The van der Waals surface area contributed by atoms with Crippen LogP contribution >= 0.6 is 15.9 Å². The Morgan fingerprint density at radius 1 is 1.75 bits per heavy atom. The Hall–Kier alpha value is 0.180. The fourth-order valence-electron chi connectivity index (χ4n) is 0.295. The molecule has 0 aromatic rings. The summed E-state index contributed by atoms with van der Waals surface area (Å²) in [6.07, 6.45) is 0. The molecule has 48 valence electrons. The van der Waals surface area contributed by atoms with Crippen LogP contribution in [0.1, 0.15) is 13.8 Å². The predicted molar refractivity (Wildman–Crippen MR) is 39.2 cm³/mol. The molecule has 0 heterocycles. The van der Waals surface area contributed by atoms with E-state index in [1.165, 1.54) is 5.57 Å². The van der Waals surface area contributed by atoms with E-state index in [1.807, 2.05) is 18.8 Å². The van der Waals surface area contributed by atoms with Gasteiger partial charge in [-0.1, -0.05) is 15.9 Å². The smallest absolute Gasteiger partial charge is 0.0681 e. The molecule has 0 atom stereocenters. The van der Waals surface area contributed by atoms with Crippen molar-refractivity contribution in [1.29, 1.82) is 0 Å². The van der Waals surface area contributed by atoms with Crippen LogP contribution in [0.4, 0.5) is 0 Å². The van der Waals surface area contributed by atoms with Crippen molar-refractivity contribution < 1.29 is 4.74 Å². The van der Waals surface area contributed by atoms with Crippen molar-refractivity contribution in [3.63, 3.8) is 0 Å². The first-order valence-electron chi connectivity index (χ1n) is 2.64. The Morgan fingerprint density at radius 2 is 2.38 bits per heavy atom. The average Bonchev–Trinajstić information content (AvgIpc) is 1.83. The van der Waals surface area contributed by atoms with Crippen LogP contribution in [0.15, 0.2) is 10.6 Å². The van der Waals surface area contributed by atoms with Gasteiger partial charge in [0, 0.05) is 6.61 Å². The Balaban J connectivity index is 3.12. The van der Waals surface area contributed by atoms with Crippen LogP contribution < -0.4 is 0 Å². The van der Waals surface area contributed by atoms with Crippen LogP contribution in [0.2, 0.25) is 0 Å². The SMILES string of the molecule is CCOC/C(C)=C/Br. The summed E-state index contributed by atoms with van der Waals surface area (Å²) in [5.74, 6) is 0. The number of rotatable bonds is 3. The first-order chi connectivity index (χ1) is 3.81. The molecule has 0 radical (unpaired) electrons. The van der Waals surface area contributed by atoms with E-state index in [9.17, 15) is 0 Å². The second-order valence-electron chi connectivity index (χ2n) is 1.59. The Morgan fingerprint density at radius 3 is 2.75 bits per heavy atom. The van der Waals surface area contributed by atoms with E-state index >= 15 is 0 Å². The van der Waals surface area contributed by atoms with Gasteiger partial charge in [-0.05, 0) is 24.4 Å². The molecule has 0 bridgehead atoms. The molecule has 0 spiro atoms. The third-order valence-electron chi connectivity index (χ3n) is 0.720. The first-order valence-corrected chi connectivity index (χ1v) is 3.56. The summed E-state index contributed by atoms with van der Waals surface area (Å²) < 4.78 is 5.09. The normalized spacial score (nSPS) is 12.1. The minimum Gasteiger partial charge on any atom is -0.377 e. The van der Waals surface area contributed by atoms with Gasteiger partial charge in [0.15, 0.2) is 0 Å². The zero-order valence-corrected chi connectivity index (χ0v) is 6.86. The van der Waals surface area contributed by atoms with Crippen molar-refractivity contribution in [3.8, 4) is 0 Å². The largest absolute Gasteiger partial charge is 0.377 e. The monoisotopic (exact) mass is 178 g/mol. The first kappa shape index (κ1) is 8.18. The molecule has 0 unspecified atom stereocenters. The highest BCUT2D eigenvalue weighted by Crippen LogP contribution is 1.96. The maximum absolute atomic E-state index is 5.09. The molecule has 0 aromatic carbocycles. The van der Waals surface area contributed by atoms with Gasteiger partial charge in [0.2, 0.25) is 0 Å². The standard InChI is InChI=1S/C6H11BrO/c1-3-8-5-6(2)4-7/h4H,3,5H2,1-2H3/b6-4+. The third kappa shape index (κ3) is 4.34. The molecule has 0 fully saturated rings. The highest BCUT2D eigenvalue weighted by Gasteiger charge is 1.83. The minimum absolute atomic E-state index is 0.738. The van der Waals surface area contributed by atoms with Gasteiger partial charge < -0.3 is 4.74 Å². The number of hydrogen-bond acceptors (Lipinski definition) is 1. The van der Waals surface area contributed by atoms with Crippen LogP contribution in [0.5, 0.6) is 0 Å². The molecule has 0 N–H and O–H groups in total. The molecule has 0 rings (SSSR count). The molecule has 1 nitrogen and oxygen atoms in total. The molecular weight excluding hydrogens is 168 g/mol. The molecule has 8 heavy (non-hydrogen) atoms. The van der Waals surface area contributed by atoms with Crippen molar-refractivity contribution in [2.24, 2.45) is 0 Å². The fraction of sp³-hybridized carbons (Fsp3) is 0.667. The molecule has 0 aliphatic rings. The van der Waals surface area contributed by atoms with Crippen LogP contribution in [-0.2, 0) is 4.74 Å². The van der Waals surface area contributed by atoms with Crippen molar-refractivity contribution >= 4 is 15.9 Å². The lowest BCUT2D eigenvalue weighted by molar-refractivity contribution is 0.171. The van der Waals surface area contributed by atoms with Crippen LogP contribution in [-0.4, -0.2) is 13.2 Å². The van der Waals surface area contributed by atoms with Gasteiger partial charge in [0.05, 0.1) is 6.61 Å². The zero-order chi connectivity index (χ0) is 6.41. The number of ether oxygens (including phenoxy) is 1. The Labute approximate surface area is 58.9 Å². The van der Waals surface area contributed by atoms with E-state index in [2.05, 4.69) is 15.9 Å².